The van der Waals surface area contributed by atoms with Gasteiger partial charge in [-0.15, -0.1) is 0 Å². The molecule has 1 fully saturated rings. The van der Waals surface area contributed by atoms with E-state index in [1.807, 2.05) is 0 Å². The summed E-state index contributed by atoms with van der Waals surface area (Å²) >= 11 is 4.53. The number of hydrogen-bond acceptors (Lipinski definition) is 3. The van der Waals surface area contributed by atoms with Crippen LogP contribution in [0.15, 0.2) is 24.3 Å². The predicted molar refractivity (Wildman–Crippen MR) is 213 cm³/mol. The van der Waals surface area contributed by atoms with Crippen molar-refractivity contribution in [2.24, 2.45) is 5.41 Å². The first-order valence-electron chi connectivity index (χ1n) is 20.4. The third kappa shape index (κ3) is 28.8. The van der Waals surface area contributed by atoms with Crippen molar-refractivity contribution in [3.05, 3.63) is 24.3 Å². The van der Waals surface area contributed by atoms with E-state index in [0.717, 1.165) is 0 Å². The highest BCUT2D eigenvalue weighted by atomic mass is 32.2. The van der Waals surface area contributed by atoms with Gasteiger partial charge in [0.2, 0.25) is 0 Å². The maximum Gasteiger partial charge on any atom is 0.0138 e. The molecule has 1 rings (SSSR count). The molecular weight excluding hydrogens is 583 g/mol. The molecule has 0 aromatic carbocycles. The number of likely N-dealkylation sites (tertiary alicyclic amines) is 1. The van der Waals surface area contributed by atoms with Crippen molar-refractivity contribution < 1.29 is 0 Å². The molecule has 0 aromatic heterocycles. The molecule has 0 bridgehead atoms. The minimum absolute atomic E-state index is 0.610. The minimum atomic E-state index is 0.610. The molecule has 1 nitrogen and oxygen atoms in total. The van der Waals surface area contributed by atoms with Crippen LogP contribution in [0, 0.1) is 5.41 Å². The van der Waals surface area contributed by atoms with Crippen molar-refractivity contribution in [3.63, 3.8) is 0 Å². The topological polar surface area (TPSA) is 3.24 Å². The van der Waals surface area contributed by atoms with Gasteiger partial charge in [0.05, 0.1) is 0 Å². The molecule has 1 aliphatic heterocycles. The van der Waals surface area contributed by atoms with Crippen molar-refractivity contribution in [1.29, 1.82) is 0 Å². The second kappa shape index (κ2) is 34.0. The second-order valence-electron chi connectivity index (χ2n) is 14.7. The lowest BCUT2D eigenvalue weighted by atomic mass is 9.84. The largest absolute Gasteiger partial charge is 0.305 e. The van der Waals surface area contributed by atoms with Crippen LogP contribution >= 0.6 is 23.5 Å². The zero-order valence-corrected chi connectivity index (χ0v) is 32.7. The van der Waals surface area contributed by atoms with Gasteiger partial charge < -0.3 is 4.90 Å². The zero-order chi connectivity index (χ0) is 32.4. The van der Waals surface area contributed by atoms with Crippen molar-refractivity contribution in [2.45, 2.75) is 194 Å². The number of nitrogens with zero attached hydrogens (tertiary/aromatic N) is 1. The first-order chi connectivity index (χ1) is 22.2. The first-order valence-corrected chi connectivity index (χ1v) is 22.7. The Morgan fingerprint density at radius 3 is 1.02 bits per heavy atom. The standard InChI is InChI=1S/C42H81NS2/c1-4-6-8-10-12-14-16-18-20-22-24-26-28-30-32-34-36-44-40-42(38-43(3)39-42)41-45-37-35-33-31-29-27-25-23-21-19-17-15-13-11-9-7-5-2/h14-17H,4-13,18-41H2,1-3H3/b16-14-,17-15-. The molecule has 1 heterocycles. The molecule has 266 valence electrons. The predicted octanol–water partition coefficient (Wildman–Crippen LogP) is 14.5. The van der Waals surface area contributed by atoms with E-state index in [1.165, 1.54) is 216 Å². The van der Waals surface area contributed by atoms with Gasteiger partial charge in [0, 0.05) is 30.0 Å². The van der Waals surface area contributed by atoms with Crippen LogP contribution < -0.4 is 0 Å². The van der Waals surface area contributed by atoms with Crippen LogP contribution in [0.4, 0.5) is 0 Å². The summed E-state index contributed by atoms with van der Waals surface area (Å²) in [6.07, 6.45) is 49.1. The summed E-state index contributed by atoms with van der Waals surface area (Å²) in [6.45, 7) is 7.24. The maximum atomic E-state index is 2.54. The Morgan fingerprint density at radius 2 is 0.711 bits per heavy atom. The summed E-state index contributed by atoms with van der Waals surface area (Å²) in [4.78, 5) is 2.54. The molecule has 1 saturated heterocycles. The van der Waals surface area contributed by atoms with E-state index in [0.29, 0.717) is 5.41 Å². The zero-order valence-electron chi connectivity index (χ0n) is 31.1. The highest BCUT2D eigenvalue weighted by Crippen LogP contribution is 2.37. The lowest BCUT2D eigenvalue weighted by molar-refractivity contribution is 0.0657. The third-order valence-electron chi connectivity index (χ3n) is 9.63. The first kappa shape index (κ1) is 43.2. The molecular formula is C42H81NS2. The number of allylic oxidation sites excluding steroid dienone is 4. The highest BCUT2D eigenvalue weighted by Gasteiger charge is 2.40. The van der Waals surface area contributed by atoms with Gasteiger partial charge in [-0.2, -0.15) is 23.5 Å². The van der Waals surface area contributed by atoms with Crippen LogP contribution in [0.1, 0.15) is 194 Å². The van der Waals surface area contributed by atoms with Crippen LogP contribution in [0.5, 0.6) is 0 Å². The molecule has 45 heavy (non-hydrogen) atoms. The van der Waals surface area contributed by atoms with Crippen molar-refractivity contribution in [3.8, 4) is 0 Å². The molecule has 0 aliphatic carbocycles. The lowest BCUT2D eigenvalue weighted by Crippen LogP contribution is -2.57. The Hall–Kier alpha value is 0.140. The summed E-state index contributed by atoms with van der Waals surface area (Å²) in [5.74, 6) is 5.56. The van der Waals surface area contributed by atoms with E-state index < -0.39 is 0 Å². The van der Waals surface area contributed by atoms with E-state index in [2.05, 4.69) is 73.6 Å². The van der Waals surface area contributed by atoms with Crippen molar-refractivity contribution >= 4 is 23.5 Å². The average molecular weight is 664 g/mol. The van der Waals surface area contributed by atoms with Gasteiger partial charge in [-0.05, 0) is 82.8 Å². The number of rotatable bonds is 36. The van der Waals surface area contributed by atoms with Gasteiger partial charge in [-0.1, -0.05) is 154 Å². The Labute approximate surface area is 293 Å². The molecule has 0 saturated carbocycles. The van der Waals surface area contributed by atoms with Crippen molar-refractivity contribution in [2.75, 3.05) is 43.1 Å². The number of thioether (sulfide) groups is 2. The summed E-state index contributed by atoms with van der Waals surface area (Å²) in [5.41, 5.74) is 0.610. The van der Waals surface area contributed by atoms with E-state index in [1.54, 1.807) is 0 Å². The monoisotopic (exact) mass is 664 g/mol. The third-order valence-corrected chi connectivity index (χ3v) is 12.4. The highest BCUT2D eigenvalue weighted by molar-refractivity contribution is 8.00. The SMILES string of the molecule is CCCCCC/C=C\CCCCCCCCCCSCC1(CSCCCCCCCCCC/C=C\CCCCCC)CN(C)C1. The van der Waals surface area contributed by atoms with Crippen LogP contribution in [0.25, 0.3) is 0 Å². The van der Waals surface area contributed by atoms with Crippen molar-refractivity contribution in [1.82, 2.24) is 4.90 Å². The fourth-order valence-electron chi connectivity index (χ4n) is 6.80. The fourth-order valence-corrected chi connectivity index (χ4v) is 9.47. The Balaban J connectivity index is 1.85. The van der Waals surface area contributed by atoms with E-state index in [-0.39, 0.29) is 0 Å². The molecule has 0 unspecified atom stereocenters. The Morgan fingerprint density at radius 1 is 0.422 bits per heavy atom. The summed E-state index contributed by atoms with van der Waals surface area (Å²) in [5, 5.41) is 0. The van der Waals surface area contributed by atoms with E-state index in [4.69, 9.17) is 0 Å². The Kier molecular flexibility index (Phi) is 32.6. The van der Waals surface area contributed by atoms with Gasteiger partial charge in [0.15, 0.2) is 0 Å². The number of unbranched alkanes of at least 4 members (excludes halogenated alkanes) is 24. The minimum Gasteiger partial charge on any atom is -0.305 e. The van der Waals surface area contributed by atoms with E-state index >= 15 is 0 Å². The van der Waals surface area contributed by atoms with E-state index in [9.17, 15) is 0 Å². The molecule has 3 heteroatoms. The van der Waals surface area contributed by atoms with Crippen LogP contribution in [-0.4, -0.2) is 48.0 Å². The van der Waals surface area contributed by atoms with Gasteiger partial charge in [0.25, 0.3) is 0 Å². The molecule has 1 aliphatic rings. The molecule has 0 aromatic rings. The number of hydrogen-bond donors (Lipinski definition) is 0. The van der Waals surface area contributed by atoms with Gasteiger partial charge >= 0.3 is 0 Å². The maximum absolute atomic E-state index is 2.54. The van der Waals surface area contributed by atoms with Crippen LogP contribution in [0.3, 0.4) is 0 Å². The molecule has 0 spiro atoms. The Bertz CT molecular complexity index is 591. The molecule has 0 N–H and O–H groups in total. The summed E-state index contributed by atoms with van der Waals surface area (Å²) in [7, 11) is 2.31. The lowest BCUT2D eigenvalue weighted by Gasteiger charge is -2.48. The van der Waals surface area contributed by atoms with Crippen LogP contribution in [-0.2, 0) is 0 Å². The second-order valence-corrected chi connectivity index (χ2v) is 16.9. The van der Waals surface area contributed by atoms with Gasteiger partial charge in [0.1, 0.15) is 0 Å². The van der Waals surface area contributed by atoms with Gasteiger partial charge in [-0.3, -0.25) is 0 Å². The van der Waals surface area contributed by atoms with Crippen LogP contribution in [0.2, 0.25) is 0 Å². The molecule has 0 radical (unpaired) electrons. The molecule has 0 atom stereocenters. The summed E-state index contributed by atoms with van der Waals surface area (Å²) < 4.78 is 0. The normalized spacial score (nSPS) is 15.1. The average Bonchev–Trinajstić information content (AvgIpc) is 3.02. The van der Waals surface area contributed by atoms with Gasteiger partial charge in [-0.25, -0.2) is 0 Å². The fraction of sp³-hybridized carbons (Fsp3) is 0.905. The quantitative estimate of drug-likeness (QED) is 0.0485. The molecule has 0 amide bonds. The summed E-state index contributed by atoms with van der Waals surface area (Å²) in [6, 6.07) is 0. The smallest absolute Gasteiger partial charge is 0.0138 e.